The van der Waals surface area contributed by atoms with E-state index in [1.54, 1.807) is 7.11 Å². The van der Waals surface area contributed by atoms with Gasteiger partial charge in [-0.05, 0) is 24.3 Å². The van der Waals surface area contributed by atoms with Crippen molar-refractivity contribution in [3.05, 3.63) is 29.8 Å². The first kappa shape index (κ1) is 11.7. The number of methoxy groups -OCH3 is 1. The predicted molar refractivity (Wildman–Crippen MR) is 69.3 cm³/mol. The maximum atomic E-state index is 11.9. The molecule has 96 valence electrons. The van der Waals surface area contributed by atoms with Gasteiger partial charge in [-0.1, -0.05) is 0 Å². The molecule has 0 amide bonds. The molecule has 3 aliphatic rings. The summed E-state index contributed by atoms with van der Waals surface area (Å²) < 4.78 is 6.15. The molecule has 0 saturated carbocycles. The number of fused-ring (bicyclic) bond motifs is 3. The number of ketones is 1. The van der Waals surface area contributed by atoms with Gasteiger partial charge in [-0.2, -0.15) is 0 Å². The van der Waals surface area contributed by atoms with Crippen molar-refractivity contribution < 1.29 is 14.0 Å². The van der Waals surface area contributed by atoms with Crippen LogP contribution in [0.25, 0.3) is 0 Å². The van der Waals surface area contributed by atoms with E-state index in [0.29, 0.717) is 11.7 Å². The molecule has 0 radical (unpaired) electrons. The number of hydrogen-bond donors (Lipinski definition) is 0. The molecule has 3 nitrogen and oxygen atoms in total. The highest BCUT2D eigenvalue weighted by Crippen LogP contribution is 2.33. The SMILES string of the molecule is COc1ccc(C[N+]23CCC(CC2)C(=O)C3)cc1. The second kappa shape index (κ2) is 4.39. The van der Waals surface area contributed by atoms with E-state index in [-0.39, 0.29) is 0 Å². The zero-order chi connectivity index (χ0) is 12.6. The highest BCUT2D eigenvalue weighted by atomic mass is 16.5. The normalized spacial score (nSPS) is 30.5. The standard InChI is InChI=1S/C15H20NO2/c1-18-14-4-2-12(3-5-14)10-16-8-6-13(7-9-16)15(17)11-16/h2-5,13H,6-11H2,1H3/q+1. The zero-order valence-corrected chi connectivity index (χ0v) is 10.9. The van der Waals surface area contributed by atoms with E-state index in [2.05, 4.69) is 12.1 Å². The van der Waals surface area contributed by atoms with Gasteiger partial charge in [-0.3, -0.25) is 4.79 Å². The van der Waals surface area contributed by atoms with E-state index < -0.39 is 0 Å². The minimum Gasteiger partial charge on any atom is -0.497 e. The summed E-state index contributed by atoms with van der Waals surface area (Å²) in [5, 5.41) is 0. The number of benzene rings is 1. The first-order chi connectivity index (χ1) is 8.71. The fourth-order valence-corrected chi connectivity index (χ4v) is 3.39. The Hall–Kier alpha value is -1.35. The van der Waals surface area contributed by atoms with Gasteiger partial charge >= 0.3 is 0 Å². The van der Waals surface area contributed by atoms with Gasteiger partial charge in [0.05, 0.1) is 20.2 Å². The number of rotatable bonds is 3. The molecule has 18 heavy (non-hydrogen) atoms. The summed E-state index contributed by atoms with van der Waals surface area (Å²) in [6.07, 6.45) is 2.18. The van der Waals surface area contributed by atoms with E-state index >= 15 is 0 Å². The lowest BCUT2D eigenvalue weighted by Crippen LogP contribution is -2.61. The van der Waals surface area contributed by atoms with Crippen molar-refractivity contribution in [2.75, 3.05) is 26.7 Å². The average Bonchev–Trinajstić information content (AvgIpc) is 2.40. The summed E-state index contributed by atoms with van der Waals surface area (Å²) in [5.74, 6) is 1.76. The number of carbonyl (C=O) groups is 1. The van der Waals surface area contributed by atoms with Crippen molar-refractivity contribution in [1.29, 1.82) is 0 Å². The van der Waals surface area contributed by atoms with Crippen LogP contribution in [-0.4, -0.2) is 37.0 Å². The van der Waals surface area contributed by atoms with Crippen LogP contribution in [0.1, 0.15) is 18.4 Å². The molecular formula is C15H20NO2+. The first-order valence-corrected chi connectivity index (χ1v) is 6.72. The molecule has 0 spiro atoms. The molecule has 3 fully saturated rings. The molecule has 1 aromatic rings. The van der Waals surface area contributed by atoms with Crippen molar-refractivity contribution in [3.8, 4) is 5.75 Å². The van der Waals surface area contributed by atoms with Gasteiger partial charge < -0.3 is 9.22 Å². The first-order valence-electron chi connectivity index (χ1n) is 6.72. The molecule has 1 aromatic carbocycles. The molecule has 3 aliphatic heterocycles. The minimum absolute atomic E-state index is 0.376. The van der Waals surface area contributed by atoms with Crippen LogP contribution in [0, 0.1) is 5.92 Å². The number of ether oxygens (including phenoxy) is 1. The van der Waals surface area contributed by atoms with Crippen molar-refractivity contribution >= 4 is 5.78 Å². The molecular weight excluding hydrogens is 226 g/mol. The predicted octanol–water partition coefficient (Wildman–Crippen LogP) is 2.00. The number of quaternary nitrogens is 1. The molecule has 3 heteroatoms. The second-order valence-corrected chi connectivity index (χ2v) is 5.69. The summed E-state index contributed by atoms with van der Waals surface area (Å²) in [6.45, 7) is 4.07. The Bertz CT molecular complexity index is 444. The van der Waals surface area contributed by atoms with Crippen LogP contribution in [0.4, 0.5) is 0 Å². The van der Waals surface area contributed by atoms with Crippen LogP contribution in [0.2, 0.25) is 0 Å². The number of piperidine rings is 3. The molecule has 0 N–H and O–H groups in total. The largest absolute Gasteiger partial charge is 0.497 e. The van der Waals surface area contributed by atoms with Gasteiger partial charge in [-0.25, -0.2) is 0 Å². The van der Waals surface area contributed by atoms with Crippen molar-refractivity contribution in [3.63, 3.8) is 0 Å². The summed E-state index contributed by atoms with van der Waals surface area (Å²) in [5.41, 5.74) is 1.31. The Labute approximate surface area is 108 Å². The smallest absolute Gasteiger partial charge is 0.190 e. The average molecular weight is 246 g/mol. The van der Waals surface area contributed by atoms with Gasteiger partial charge in [0, 0.05) is 24.3 Å². The lowest BCUT2D eigenvalue weighted by Gasteiger charge is -2.48. The van der Waals surface area contributed by atoms with Crippen molar-refractivity contribution in [2.45, 2.75) is 19.4 Å². The number of Topliss-reactive ketones (excluding diaryl/α,β-unsaturated/α-hetero) is 1. The van der Waals surface area contributed by atoms with Gasteiger partial charge in [0.1, 0.15) is 18.8 Å². The second-order valence-electron chi connectivity index (χ2n) is 5.69. The number of carbonyl (C=O) groups excluding carboxylic acids is 1. The number of hydrogen-bond acceptors (Lipinski definition) is 2. The summed E-state index contributed by atoms with van der Waals surface area (Å²) in [4.78, 5) is 11.9. The summed E-state index contributed by atoms with van der Waals surface area (Å²) in [7, 11) is 1.69. The van der Waals surface area contributed by atoms with Crippen molar-refractivity contribution in [2.24, 2.45) is 5.92 Å². The Morgan fingerprint density at radius 3 is 2.44 bits per heavy atom. The van der Waals surface area contributed by atoms with E-state index in [1.165, 1.54) is 18.7 Å². The third-order valence-electron chi connectivity index (χ3n) is 4.53. The quantitative estimate of drug-likeness (QED) is 0.763. The molecule has 0 unspecified atom stereocenters. The monoisotopic (exact) mass is 246 g/mol. The fourth-order valence-electron chi connectivity index (χ4n) is 3.39. The maximum Gasteiger partial charge on any atom is 0.190 e. The molecule has 3 heterocycles. The Balaban J connectivity index is 1.76. The van der Waals surface area contributed by atoms with Crippen LogP contribution in [-0.2, 0) is 11.3 Å². The van der Waals surface area contributed by atoms with Gasteiger partial charge in [-0.15, -0.1) is 0 Å². The summed E-state index contributed by atoms with van der Waals surface area (Å²) in [6, 6.07) is 8.26. The molecule has 0 aliphatic carbocycles. The van der Waals surface area contributed by atoms with Crippen LogP contribution >= 0.6 is 0 Å². The van der Waals surface area contributed by atoms with E-state index in [1.807, 2.05) is 12.1 Å². The molecule has 3 saturated heterocycles. The van der Waals surface area contributed by atoms with Gasteiger partial charge in [0.15, 0.2) is 5.78 Å². The van der Waals surface area contributed by atoms with E-state index in [4.69, 9.17) is 4.74 Å². The highest BCUT2D eigenvalue weighted by Gasteiger charge is 2.44. The molecule has 2 bridgehead atoms. The fraction of sp³-hybridized carbons (Fsp3) is 0.533. The Kier molecular flexibility index (Phi) is 2.86. The Morgan fingerprint density at radius 2 is 1.89 bits per heavy atom. The summed E-state index contributed by atoms with van der Waals surface area (Å²) >= 11 is 0. The topological polar surface area (TPSA) is 26.3 Å². The van der Waals surface area contributed by atoms with E-state index in [0.717, 1.165) is 36.2 Å². The highest BCUT2D eigenvalue weighted by molar-refractivity contribution is 5.83. The molecule has 0 atom stereocenters. The Morgan fingerprint density at radius 1 is 1.22 bits per heavy atom. The van der Waals surface area contributed by atoms with E-state index in [9.17, 15) is 4.79 Å². The minimum atomic E-state index is 0.376. The van der Waals surface area contributed by atoms with Gasteiger partial charge in [0.2, 0.25) is 0 Å². The maximum absolute atomic E-state index is 11.9. The number of nitrogens with zero attached hydrogens (tertiary/aromatic N) is 1. The van der Waals surface area contributed by atoms with Crippen molar-refractivity contribution in [1.82, 2.24) is 0 Å². The van der Waals surface area contributed by atoms with Crippen LogP contribution in [0.5, 0.6) is 5.75 Å². The van der Waals surface area contributed by atoms with Crippen LogP contribution in [0.15, 0.2) is 24.3 Å². The molecule has 4 rings (SSSR count). The van der Waals surface area contributed by atoms with Gasteiger partial charge in [0.25, 0.3) is 0 Å². The van der Waals surface area contributed by atoms with Crippen LogP contribution in [0.3, 0.4) is 0 Å². The van der Waals surface area contributed by atoms with Crippen LogP contribution < -0.4 is 4.74 Å². The molecule has 0 aromatic heterocycles. The lowest BCUT2D eigenvalue weighted by molar-refractivity contribution is -0.943. The third kappa shape index (κ3) is 2.03. The lowest BCUT2D eigenvalue weighted by atomic mass is 9.84. The third-order valence-corrected chi connectivity index (χ3v) is 4.53. The zero-order valence-electron chi connectivity index (χ0n) is 10.9.